The quantitative estimate of drug-likeness (QED) is 0.437. The highest BCUT2D eigenvalue weighted by Crippen LogP contribution is 2.30. The highest BCUT2D eigenvalue weighted by molar-refractivity contribution is 6.00. The van der Waals surface area contributed by atoms with Gasteiger partial charge in [-0.1, -0.05) is 24.3 Å². The van der Waals surface area contributed by atoms with Gasteiger partial charge in [0, 0.05) is 55.3 Å². The Kier molecular flexibility index (Phi) is 6.72. The maximum absolute atomic E-state index is 13.1. The Morgan fingerprint density at radius 3 is 2.66 bits per heavy atom. The van der Waals surface area contributed by atoms with Crippen LogP contribution in [0.15, 0.2) is 48.9 Å². The van der Waals surface area contributed by atoms with Crippen molar-refractivity contribution in [3.8, 4) is 11.3 Å². The number of carbonyl (C=O) groups is 1. The molecule has 1 saturated heterocycles. The van der Waals surface area contributed by atoms with Gasteiger partial charge in [0.25, 0.3) is 0 Å². The first-order chi connectivity index (χ1) is 15.6. The molecule has 3 heterocycles. The van der Waals surface area contributed by atoms with E-state index in [4.69, 9.17) is 16.6 Å². The third-order valence-corrected chi connectivity index (χ3v) is 5.81. The average molecular weight is 433 g/mol. The zero-order valence-electron chi connectivity index (χ0n) is 17.9. The van der Waals surface area contributed by atoms with Gasteiger partial charge in [0.1, 0.15) is 5.69 Å². The van der Waals surface area contributed by atoms with Gasteiger partial charge in [-0.05, 0) is 36.9 Å². The predicted molar refractivity (Wildman–Crippen MR) is 124 cm³/mol. The monoisotopic (exact) mass is 432 g/mol. The molecule has 0 aliphatic carbocycles. The van der Waals surface area contributed by atoms with Crippen molar-refractivity contribution in [3.63, 3.8) is 0 Å². The third-order valence-electron chi connectivity index (χ3n) is 5.81. The number of pyridine rings is 1. The van der Waals surface area contributed by atoms with Gasteiger partial charge in [0.05, 0.1) is 11.9 Å². The van der Waals surface area contributed by atoms with E-state index in [1.807, 2.05) is 30.3 Å². The first kappa shape index (κ1) is 21.9. The lowest BCUT2D eigenvalue weighted by Crippen LogP contribution is -2.47. The minimum absolute atomic E-state index is 0.121. The number of carbonyl (C=O) groups excluding carboxylic acids is 1. The summed E-state index contributed by atoms with van der Waals surface area (Å²) in [4.78, 5) is 28.3. The van der Waals surface area contributed by atoms with Crippen LogP contribution in [0.25, 0.3) is 11.3 Å². The zero-order valence-corrected chi connectivity index (χ0v) is 17.9. The number of anilines is 2. The van der Waals surface area contributed by atoms with Crippen LogP contribution in [0.4, 0.5) is 11.5 Å². The molecule has 5 N–H and O–H groups in total. The number of Topliss-reactive ketones (excluding diaryl/α,β-unsaturated/α-hetero) is 1. The zero-order chi connectivity index (χ0) is 22.5. The van der Waals surface area contributed by atoms with Crippen molar-refractivity contribution in [2.45, 2.75) is 19.3 Å². The Bertz CT molecular complexity index is 1080. The summed E-state index contributed by atoms with van der Waals surface area (Å²) >= 11 is 0. The molecule has 1 aromatic carbocycles. The van der Waals surface area contributed by atoms with E-state index in [0.717, 1.165) is 48.3 Å². The van der Waals surface area contributed by atoms with Crippen molar-refractivity contribution in [1.29, 1.82) is 0 Å². The minimum atomic E-state index is -0.196. The van der Waals surface area contributed by atoms with Crippen molar-refractivity contribution in [1.82, 2.24) is 15.0 Å². The Balaban J connectivity index is 1.53. The van der Waals surface area contributed by atoms with Crippen molar-refractivity contribution < 1.29 is 9.90 Å². The molecule has 0 atom stereocenters. The number of hydrogen-bond acceptors (Lipinski definition) is 8. The van der Waals surface area contributed by atoms with E-state index in [0.29, 0.717) is 18.2 Å². The van der Waals surface area contributed by atoms with E-state index in [9.17, 15) is 4.79 Å². The molecule has 1 fully saturated rings. The maximum Gasteiger partial charge on any atom is 0.189 e. The molecule has 0 spiro atoms. The van der Waals surface area contributed by atoms with Gasteiger partial charge in [0.2, 0.25) is 0 Å². The summed E-state index contributed by atoms with van der Waals surface area (Å²) in [5.74, 6) is 0.403. The number of ketones is 1. The number of aromatic nitrogens is 3. The fourth-order valence-electron chi connectivity index (χ4n) is 4.00. The number of rotatable bonds is 9. The molecule has 0 unspecified atom stereocenters. The van der Waals surface area contributed by atoms with Crippen LogP contribution in [-0.4, -0.2) is 52.1 Å². The molecular weight excluding hydrogens is 404 g/mol. The Morgan fingerprint density at radius 2 is 1.94 bits per heavy atom. The molecule has 3 aromatic rings. The van der Waals surface area contributed by atoms with Crippen LogP contribution in [0, 0.1) is 5.92 Å². The normalized spacial score (nSPS) is 13.8. The molecule has 0 saturated carbocycles. The summed E-state index contributed by atoms with van der Waals surface area (Å²) < 4.78 is 0. The predicted octanol–water partition coefficient (Wildman–Crippen LogP) is 1.87. The Hall–Kier alpha value is -3.36. The largest absolute Gasteiger partial charge is 0.396 e. The highest BCUT2D eigenvalue weighted by atomic mass is 16.3. The summed E-state index contributed by atoms with van der Waals surface area (Å²) in [7, 11) is 0. The molecule has 0 radical (unpaired) electrons. The Labute approximate surface area is 187 Å². The molecule has 1 aliphatic heterocycles. The molecule has 2 aromatic heterocycles. The first-order valence-electron chi connectivity index (χ1n) is 10.8. The second-order valence-electron chi connectivity index (χ2n) is 8.11. The number of aliphatic hydroxyl groups is 1. The smallest absolute Gasteiger partial charge is 0.189 e. The molecule has 1 aliphatic rings. The fraction of sp³-hybridized carbons (Fsp3) is 0.333. The van der Waals surface area contributed by atoms with Crippen LogP contribution in [0.1, 0.15) is 28.0 Å². The molecule has 0 bridgehead atoms. The van der Waals surface area contributed by atoms with Crippen LogP contribution >= 0.6 is 0 Å². The molecular formula is C24H28N6O2. The van der Waals surface area contributed by atoms with E-state index in [2.05, 4.69) is 19.9 Å². The topological polar surface area (TPSA) is 131 Å². The number of benzene rings is 1. The second kappa shape index (κ2) is 9.84. The van der Waals surface area contributed by atoms with Gasteiger partial charge >= 0.3 is 0 Å². The number of aliphatic hydroxyl groups excluding tert-OH is 1. The number of nitrogens with two attached hydrogens (primary N) is 2. The van der Waals surface area contributed by atoms with Gasteiger partial charge in [-0.15, -0.1) is 0 Å². The molecule has 4 rings (SSSR count). The SMILES string of the molecule is NCCc1ccc(-c2cnc(N)c(C(=O)Cc3cnccc3N3CC(CCO)C3)n2)cc1. The molecule has 0 amide bonds. The summed E-state index contributed by atoms with van der Waals surface area (Å²) in [6.07, 6.45) is 6.77. The molecule has 166 valence electrons. The van der Waals surface area contributed by atoms with Crippen LogP contribution in [0.5, 0.6) is 0 Å². The van der Waals surface area contributed by atoms with Crippen molar-refractivity contribution in [2.75, 3.05) is 36.9 Å². The number of nitrogen functional groups attached to an aromatic ring is 1. The van der Waals surface area contributed by atoms with E-state index in [1.54, 1.807) is 18.6 Å². The lowest BCUT2D eigenvalue weighted by atomic mass is 9.94. The van der Waals surface area contributed by atoms with Gasteiger partial charge in [-0.3, -0.25) is 9.78 Å². The standard InChI is InChI=1S/C24H28N6O2/c25-8-5-16-1-3-18(4-2-16)20-13-28-24(26)23(29-20)22(32)11-19-12-27-9-6-21(19)30-14-17(15-30)7-10-31/h1-4,6,9,12-13,17,31H,5,7-8,10-11,14-15,25H2,(H2,26,28). The summed E-state index contributed by atoms with van der Waals surface area (Å²) in [6, 6.07) is 9.82. The first-order valence-corrected chi connectivity index (χ1v) is 10.8. The minimum Gasteiger partial charge on any atom is -0.396 e. The fourth-order valence-corrected chi connectivity index (χ4v) is 4.00. The lowest BCUT2D eigenvalue weighted by molar-refractivity contribution is 0.0989. The maximum atomic E-state index is 13.1. The third kappa shape index (κ3) is 4.76. The van der Waals surface area contributed by atoms with E-state index in [1.165, 1.54) is 0 Å². The van der Waals surface area contributed by atoms with Gasteiger partial charge in [-0.25, -0.2) is 9.97 Å². The van der Waals surface area contributed by atoms with E-state index < -0.39 is 0 Å². The van der Waals surface area contributed by atoms with Gasteiger partial charge < -0.3 is 21.5 Å². The van der Waals surface area contributed by atoms with Gasteiger partial charge in [-0.2, -0.15) is 0 Å². The lowest BCUT2D eigenvalue weighted by Gasteiger charge is -2.41. The average Bonchev–Trinajstić information content (AvgIpc) is 2.78. The summed E-state index contributed by atoms with van der Waals surface area (Å²) in [6.45, 7) is 2.52. The van der Waals surface area contributed by atoms with Crippen molar-refractivity contribution >= 4 is 17.3 Å². The van der Waals surface area contributed by atoms with E-state index >= 15 is 0 Å². The molecule has 8 nitrogen and oxygen atoms in total. The van der Waals surface area contributed by atoms with Crippen LogP contribution < -0.4 is 16.4 Å². The number of hydrogen-bond donors (Lipinski definition) is 3. The van der Waals surface area contributed by atoms with Crippen molar-refractivity contribution in [3.05, 3.63) is 65.7 Å². The van der Waals surface area contributed by atoms with Crippen LogP contribution in [0.3, 0.4) is 0 Å². The summed E-state index contributed by atoms with van der Waals surface area (Å²) in [5.41, 5.74) is 16.2. The molecule has 32 heavy (non-hydrogen) atoms. The summed E-state index contributed by atoms with van der Waals surface area (Å²) in [5, 5.41) is 9.12. The Morgan fingerprint density at radius 1 is 1.16 bits per heavy atom. The second-order valence-corrected chi connectivity index (χ2v) is 8.11. The van der Waals surface area contributed by atoms with Gasteiger partial charge in [0.15, 0.2) is 11.6 Å². The van der Waals surface area contributed by atoms with Crippen LogP contribution in [0.2, 0.25) is 0 Å². The van der Waals surface area contributed by atoms with Crippen LogP contribution in [-0.2, 0) is 12.8 Å². The van der Waals surface area contributed by atoms with Crippen molar-refractivity contribution in [2.24, 2.45) is 11.7 Å². The number of nitrogens with zero attached hydrogens (tertiary/aromatic N) is 4. The highest BCUT2D eigenvalue weighted by Gasteiger charge is 2.28. The van der Waals surface area contributed by atoms with E-state index in [-0.39, 0.29) is 30.3 Å². The molecule has 8 heteroatoms.